The van der Waals surface area contributed by atoms with Crippen molar-refractivity contribution in [3.05, 3.63) is 83.1 Å². The van der Waals surface area contributed by atoms with Gasteiger partial charge in [-0.15, -0.1) is 0 Å². The molecule has 2 amide bonds. The molecule has 0 atom stereocenters. The topological polar surface area (TPSA) is 76.5 Å². The number of fused-ring (bicyclic) bond motifs is 3. The molecule has 5 rings (SSSR count). The molecule has 0 spiro atoms. The third-order valence-electron chi connectivity index (χ3n) is 6.13. The summed E-state index contributed by atoms with van der Waals surface area (Å²) in [5, 5.41) is 6.97. The van der Waals surface area contributed by atoms with Crippen LogP contribution in [0.4, 0.5) is 5.82 Å². The fourth-order valence-corrected chi connectivity index (χ4v) is 4.41. The number of hydrogen-bond donors (Lipinski definition) is 1. The van der Waals surface area contributed by atoms with E-state index in [9.17, 15) is 9.59 Å². The Morgan fingerprint density at radius 1 is 1.15 bits per heavy atom. The van der Waals surface area contributed by atoms with Crippen LogP contribution in [-0.2, 0) is 29.2 Å². The minimum Gasteiger partial charge on any atom is -0.488 e. The summed E-state index contributed by atoms with van der Waals surface area (Å²) < 4.78 is 7.89. The predicted molar refractivity (Wildman–Crippen MR) is 126 cm³/mol. The highest BCUT2D eigenvalue weighted by Gasteiger charge is 2.22. The first-order chi connectivity index (χ1) is 16.1. The van der Waals surface area contributed by atoms with Gasteiger partial charge in [-0.25, -0.2) is 0 Å². The lowest BCUT2D eigenvalue weighted by molar-refractivity contribution is -0.142. The summed E-state index contributed by atoms with van der Waals surface area (Å²) in [6, 6.07) is 18.0. The average molecular weight is 443 g/mol. The van der Waals surface area contributed by atoms with Gasteiger partial charge in [0.1, 0.15) is 12.4 Å². The number of hydrogen-bond acceptors (Lipinski definition) is 4. The number of aromatic nitrogens is 2. The van der Waals surface area contributed by atoms with Crippen molar-refractivity contribution in [1.82, 2.24) is 14.7 Å². The number of amides is 2. The Kier molecular flexibility index (Phi) is 5.69. The molecule has 0 bridgehead atoms. The summed E-state index contributed by atoms with van der Waals surface area (Å²) in [5.41, 5.74) is 5.45. The molecule has 33 heavy (non-hydrogen) atoms. The van der Waals surface area contributed by atoms with Crippen LogP contribution < -0.4 is 10.1 Å². The molecule has 1 aromatic heterocycles. The second-order valence-corrected chi connectivity index (χ2v) is 8.38. The van der Waals surface area contributed by atoms with Gasteiger partial charge in [-0.05, 0) is 42.0 Å². The summed E-state index contributed by atoms with van der Waals surface area (Å²) in [5.74, 6) is 0.0352. The van der Waals surface area contributed by atoms with Gasteiger partial charge in [0.2, 0.25) is 0 Å². The highest BCUT2D eigenvalue weighted by molar-refractivity contribution is 6.39. The molecule has 3 aromatic rings. The van der Waals surface area contributed by atoms with Crippen LogP contribution in [0.2, 0.25) is 0 Å². The minimum absolute atomic E-state index is 0.417. The van der Waals surface area contributed by atoms with Crippen molar-refractivity contribution >= 4 is 23.2 Å². The van der Waals surface area contributed by atoms with Crippen molar-refractivity contribution in [3.63, 3.8) is 0 Å². The van der Waals surface area contributed by atoms with E-state index in [0.717, 1.165) is 53.1 Å². The lowest BCUT2D eigenvalue weighted by Crippen LogP contribution is -2.37. The number of aryl methyl sites for hydroxylation is 2. The van der Waals surface area contributed by atoms with Gasteiger partial charge < -0.3 is 15.0 Å². The third kappa shape index (κ3) is 4.26. The molecule has 0 radical (unpaired) electrons. The van der Waals surface area contributed by atoms with Crippen LogP contribution in [-0.4, -0.2) is 40.1 Å². The monoisotopic (exact) mass is 442 g/mol. The Hall–Kier alpha value is -3.87. The van der Waals surface area contributed by atoms with Crippen LogP contribution in [0.3, 0.4) is 0 Å². The second kappa shape index (κ2) is 8.94. The molecule has 2 aromatic carbocycles. The Bertz CT molecular complexity index is 1170. The zero-order chi connectivity index (χ0) is 22.8. The van der Waals surface area contributed by atoms with Crippen molar-refractivity contribution in [2.45, 2.75) is 32.4 Å². The number of nitrogens with one attached hydrogen (secondary N) is 1. The van der Waals surface area contributed by atoms with Gasteiger partial charge in [0.15, 0.2) is 5.82 Å². The number of anilines is 1. The maximum atomic E-state index is 12.6. The molecule has 2 aliphatic rings. The molecule has 168 valence electrons. The van der Waals surface area contributed by atoms with Gasteiger partial charge in [-0.1, -0.05) is 48.5 Å². The van der Waals surface area contributed by atoms with Crippen LogP contribution in [0.25, 0.3) is 5.57 Å². The molecule has 0 saturated carbocycles. The number of para-hydroxylation sites is 1. The van der Waals surface area contributed by atoms with E-state index in [1.807, 2.05) is 47.1 Å². The first-order valence-corrected chi connectivity index (χ1v) is 11.2. The first-order valence-electron chi connectivity index (χ1n) is 11.2. The summed E-state index contributed by atoms with van der Waals surface area (Å²) in [6.07, 6.45) is 4.73. The van der Waals surface area contributed by atoms with E-state index in [-0.39, 0.29) is 0 Å². The summed E-state index contributed by atoms with van der Waals surface area (Å²) in [6.45, 7) is 1.78. The van der Waals surface area contributed by atoms with E-state index in [1.54, 1.807) is 7.05 Å². The Morgan fingerprint density at radius 3 is 2.79 bits per heavy atom. The Balaban J connectivity index is 1.27. The Labute approximate surface area is 192 Å². The Morgan fingerprint density at radius 2 is 1.94 bits per heavy atom. The van der Waals surface area contributed by atoms with Gasteiger partial charge in [-0.2, -0.15) is 5.10 Å². The summed E-state index contributed by atoms with van der Waals surface area (Å²) >= 11 is 0. The highest BCUT2D eigenvalue weighted by atomic mass is 16.5. The molecule has 1 N–H and O–H groups in total. The van der Waals surface area contributed by atoms with Crippen LogP contribution in [0.5, 0.6) is 5.75 Å². The summed E-state index contributed by atoms with van der Waals surface area (Å²) in [4.78, 5) is 26.5. The van der Waals surface area contributed by atoms with Crippen LogP contribution in [0.1, 0.15) is 35.2 Å². The molecule has 0 aliphatic carbocycles. The van der Waals surface area contributed by atoms with E-state index in [1.165, 1.54) is 4.90 Å². The standard InChI is InChI=1S/C26H26N4O3/c1-29(26(32)25(31)27-24-16-19-9-6-15-30(19)28-24)14-7-12-21-20-10-3-2-8-18(20)17-33-23-13-5-4-11-22(21)23/h2-5,8,10-13,16H,6-7,9,14-15,17H2,1H3,(H,27,28,31)/b21-12-. The maximum Gasteiger partial charge on any atom is 0.315 e. The highest BCUT2D eigenvalue weighted by Crippen LogP contribution is 2.36. The number of benzene rings is 2. The van der Waals surface area contributed by atoms with Gasteiger partial charge in [0.05, 0.1) is 0 Å². The second-order valence-electron chi connectivity index (χ2n) is 8.38. The lowest BCUT2D eigenvalue weighted by Gasteiger charge is -2.16. The van der Waals surface area contributed by atoms with Gasteiger partial charge in [0.25, 0.3) is 0 Å². The van der Waals surface area contributed by atoms with E-state index in [0.29, 0.717) is 25.4 Å². The first kappa shape index (κ1) is 21.0. The quantitative estimate of drug-likeness (QED) is 0.626. The minimum atomic E-state index is -0.666. The van der Waals surface area contributed by atoms with Crippen molar-refractivity contribution in [1.29, 1.82) is 0 Å². The molecule has 7 nitrogen and oxygen atoms in total. The number of carbonyl (C=O) groups excluding carboxylic acids is 2. The van der Waals surface area contributed by atoms with Crippen molar-refractivity contribution in [3.8, 4) is 5.75 Å². The normalized spacial score (nSPS) is 15.1. The van der Waals surface area contributed by atoms with E-state index in [2.05, 4.69) is 28.6 Å². The van der Waals surface area contributed by atoms with Crippen molar-refractivity contribution in [2.24, 2.45) is 0 Å². The molecule has 0 unspecified atom stereocenters. The summed E-state index contributed by atoms with van der Waals surface area (Å²) in [7, 11) is 1.64. The SMILES string of the molecule is CN(CC/C=C1/c2ccccc2COc2ccccc21)C(=O)C(=O)Nc1cc2n(n1)CCC2. The van der Waals surface area contributed by atoms with Crippen molar-refractivity contribution < 1.29 is 14.3 Å². The predicted octanol–water partition coefficient (Wildman–Crippen LogP) is 3.64. The van der Waals surface area contributed by atoms with Crippen LogP contribution >= 0.6 is 0 Å². The van der Waals surface area contributed by atoms with Gasteiger partial charge in [0, 0.05) is 37.5 Å². The van der Waals surface area contributed by atoms with Crippen LogP contribution in [0, 0.1) is 0 Å². The van der Waals surface area contributed by atoms with Crippen LogP contribution in [0.15, 0.2) is 60.7 Å². The van der Waals surface area contributed by atoms with E-state index >= 15 is 0 Å². The van der Waals surface area contributed by atoms with Crippen molar-refractivity contribution in [2.75, 3.05) is 18.9 Å². The molecule has 0 fully saturated rings. The number of ether oxygens (including phenoxy) is 1. The molecular formula is C26H26N4O3. The lowest BCUT2D eigenvalue weighted by atomic mass is 9.93. The maximum absolute atomic E-state index is 12.6. The zero-order valence-electron chi connectivity index (χ0n) is 18.6. The average Bonchev–Trinajstić information content (AvgIpc) is 3.38. The molecule has 0 saturated heterocycles. The largest absolute Gasteiger partial charge is 0.488 e. The van der Waals surface area contributed by atoms with E-state index < -0.39 is 11.8 Å². The molecule has 3 heterocycles. The number of likely N-dealkylation sites (N-methyl/N-ethyl adjacent to an activating group) is 1. The molecule has 2 aliphatic heterocycles. The smallest absolute Gasteiger partial charge is 0.315 e. The number of carbonyl (C=O) groups is 2. The molecule has 7 heteroatoms. The fourth-order valence-electron chi connectivity index (χ4n) is 4.41. The number of nitrogens with zero attached hydrogens (tertiary/aromatic N) is 3. The zero-order valence-corrected chi connectivity index (χ0v) is 18.6. The molecular weight excluding hydrogens is 416 g/mol. The number of rotatable bonds is 4. The fraction of sp³-hybridized carbons (Fsp3) is 0.269. The van der Waals surface area contributed by atoms with Gasteiger partial charge in [-0.3, -0.25) is 14.3 Å². The van der Waals surface area contributed by atoms with Gasteiger partial charge >= 0.3 is 11.8 Å². The third-order valence-corrected chi connectivity index (χ3v) is 6.13. The van der Waals surface area contributed by atoms with E-state index in [4.69, 9.17) is 4.74 Å².